The van der Waals surface area contributed by atoms with Gasteiger partial charge in [0.15, 0.2) is 0 Å². The highest BCUT2D eigenvalue weighted by molar-refractivity contribution is 7.89. The zero-order chi connectivity index (χ0) is 15.5. The molecule has 0 unspecified atom stereocenters. The summed E-state index contributed by atoms with van der Waals surface area (Å²) >= 11 is 0. The molecule has 2 N–H and O–H groups in total. The fraction of sp³-hybridized carbons (Fsp3) is 0.500. The highest BCUT2D eigenvalue weighted by Gasteiger charge is 2.27. The summed E-state index contributed by atoms with van der Waals surface area (Å²) in [6.45, 7) is 3.81. The highest BCUT2D eigenvalue weighted by Crippen LogP contribution is 2.27. The first kappa shape index (κ1) is 16.4. The molecule has 0 fully saturated rings. The van der Waals surface area contributed by atoms with Gasteiger partial charge in [-0.2, -0.15) is 4.31 Å². The fourth-order valence-electron chi connectivity index (χ4n) is 2.02. The Balaban J connectivity index is 3.23. The molecule has 0 radical (unpaired) electrons. The minimum atomic E-state index is -3.70. The molecule has 0 bridgehead atoms. The van der Waals surface area contributed by atoms with Crippen LogP contribution in [-0.2, 0) is 10.0 Å². The average Bonchev–Trinajstić information content (AvgIpc) is 2.39. The van der Waals surface area contributed by atoms with E-state index in [0.29, 0.717) is 12.8 Å². The van der Waals surface area contributed by atoms with E-state index in [1.54, 1.807) is 0 Å². The summed E-state index contributed by atoms with van der Waals surface area (Å²) in [5, 5.41) is 10.7. The van der Waals surface area contributed by atoms with Gasteiger partial charge in [0.05, 0.1) is 9.82 Å². The molecule has 1 aromatic rings. The van der Waals surface area contributed by atoms with Crippen LogP contribution in [0.1, 0.15) is 26.7 Å². The van der Waals surface area contributed by atoms with E-state index in [1.165, 1.54) is 17.4 Å². The lowest BCUT2D eigenvalue weighted by Crippen LogP contribution is -2.36. The Hall–Kier alpha value is -1.67. The Kier molecular flexibility index (Phi) is 5.07. The molecule has 20 heavy (non-hydrogen) atoms. The number of nitrogens with two attached hydrogens (primary N) is 1. The third kappa shape index (κ3) is 3.07. The fourth-order valence-corrected chi connectivity index (χ4v) is 3.56. The van der Waals surface area contributed by atoms with E-state index >= 15 is 0 Å². The number of nitrogen functional groups attached to an aromatic ring is 1. The number of nitro groups is 1. The molecule has 112 valence electrons. The van der Waals surface area contributed by atoms with Crippen LogP contribution in [0.3, 0.4) is 0 Å². The van der Waals surface area contributed by atoms with Gasteiger partial charge in [-0.1, -0.05) is 13.8 Å². The number of hydrogen-bond donors (Lipinski definition) is 1. The van der Waals surface area contributed by atoms with Crippen molar-refractivity contribution >= 4 is 21.4 Å². The maximum absolute atomic E-state index is 12.4. The Morgan fingerprint density at radius 1 is 1.35 bits per heavy atom. The van der Waals surface area contributed by atoms with E-state index in [9.17, 15) is 18.5 Å². The van der Waals surface area contributed by atoms with Gasteiger partial charge in [0.1, 0.15) is 5.69 Å². The summed E-state index contributed by atoms with van der Waals surface area (Å²) in [5.41, 5.74) is 5.08. The maximum atomic E-state index is 12.4. The maximum Gasteiger partial charge on any atom is 0.292 e. The van der Waals surface area contributed by atoms with Crippen LogP contribution in [0.2, 0.25) is 0 Å². The molecule has 0 saturated carbocycles. The molecule has 0 atom stereocenters. The Morgan fingerprint density at radius 3 is 2.30 bits per heavy atom. The molecule has 1 aromatic carbocycles. The molecule has 0 aliphatic rings. The molecule has 8 heteroatoms. The van der Waals surface area contributed by atoms with E-state index < -0.39 is 14.9 Å². The van der Waals surface area contributed by atoms with Gasteiger partial charge in [0, 0.05) is 19.2 Å². The summed E-state index contributed by atoms with van der Waals surface area (Å²) in [6, 6.07) is 3.34. The first-order valence-corrected chi connectivity index (χ1v) is 7.71. The molecule has 1 rings (SSSR count). The van der Waals surface area contributed by atoms with Crippen LogP contribution in [-0.4, -0.2) is 30.7 Å². The van der Waals surface area contributed by atoms with E-state index in [4.69, 9.17) is 5.73 Å². The van der Waals surface area contributed by atoms with Gasteiger partial charge in [-0.25, -0.2) is 8.42 Å². The number of rotatable bonds is 6. The number of anilines is 1. The largest absolute Gasteiger partial charge is 0.393 e. The molecule has 0 amide bonds. The van der Waals surface area contributed by atoms with Crippen molar-refractivity contribution in [2.75, 3.05) is 12.8 Å². The van der Waals surface area contributed by atoms with Gasteiger partial charge in [-0.15, -0.1) is 0 Å². The number of benzene rings is 1. The standard InChI is InChI=1S/C12H19N3O4S/c1-4-9(5-2)14(3)20(18,19)10-6-7-12(15(16)17)11(13)8-10/h6-9H,4-5,13H2,1-3H3. The molecule has 0 spiro atoms. The molecule has 0 heterocycles. The van der Waals surface area contributed by atoms with Crippen molar-refractivity contribution in [1.82, 2.24) is 4.31 Å². The van der Waals surface area contributed by atoms with Crippen LogP contribution in [0, 0.1) is 10.1 Å². The van der Waals surface area contributed by atoms with E-state index in [0.717, 1.165) is 12.1 Å². The average molecular weight is 301 g/mol. The summed E-state index contributed by atoms with van der Waals surface area (Å²) in [7, 11) is -2.19. The number of nitro benzene ring substituents is 1. The molecule has 7 nitrogen and oxygen atoms in total. The lowest BCUT2D eigenvalue weighted by Gasteiger charge is -2.25. The molecule has 0 aliphatic heterocycles. The van der Waals surface area contributed by atoms with Crippen LogP contribution in [0.5, 0.6) is 0 Å². The smallest absolute Gasteiger partial charge is 0.292 e. The molecule has 0 aliphatic carbocycles. The van der Waals surface area contributed by atoms with Crippen molar-refractivity contribution in [1.29, 1.82) is 0 Å². The van der Waals surface area contributed by atoms with Crippen LogP contribution < -0.4 is 5.73 Å². The highest BCUT2D eigenvalue weighted by atomic mass is 32.2. The van der Waals surface area contributed by atoms with Gasteiger partial charge in [-0.3, -0.25) is 10.1 Å². The van der Waals surface area contributed by atoms with Crippen molar-refractivity contribution in [3.05, 3.63) is 28.3 Å². The van der Waals surface area contributed by atoms with Crippen molar-refractivity contribution in [3.8, 4) is 0 Å². The van der Waals surface area contributed by atoms with Gasteiger partial charge >= 0.3 is 0 Å². The second-order valence-electron chi connectivity index (χ2n) is 4.47. The summed E-state index contributed by atoms with van der Waals surface area (Å²) in [5.74, 6) is 0. The van der Waals surface area contributed by atoms with Crippen molar-refractivity contribution in [2.45, 2.75) is 37.6 Å². The Bertz CT molecular complexity index is 597. The monoisotopic (exact) mass is 301 g/mol. The quantitative estimate of drug-likeness (QED) is 0.491. The van der Waals surface area contributed by atoms with Crippen LogP contribution in [0.25, 0.3) is 0 Å². The molecule has 0 aromatic heterocycles. The van der Waals surface area contributed by atoms with E-state index in [-0.39, 0.29) is 22.3 Å². The zero-order valence-corrected chi connectivity index (χ0v) is 12.6. The van der Waals surface area contributed by atoms with Gasteiger partial charge in [-0.05, 0) is 25.0 Å². The van der Waals surface area contributed by atoms with Gasteiger partial charge < -0.3 is 5.73 Å². The predicted molar refractivity (Wildman–Crippen MR) is 76.8 cm³/mol. The topological polar surface area (TPSA) is 107 Å². The van der Waals surface area contributed by atoms with Crippen LogP contribution in [0.15, 0.2) is 23.1 Å². The molecule has 0 saturated heterocycles. The van der Waals surface area contributed by atoms with Gasteiger partial charge in [0.2, 0.25) is 10.0 Å². The lowest BCUT2D eigenvalue weighted by atomic mass is 10.2. The second kappa shape index (κ2) is 6.19. The first-order chi connectivity index (χ1) is 9.25. The Morgan fingerprint density at radius 2 is 1.90 bits per heavy atom. The van der Waals surface area contributed by atoms with Crippen molar-refractivity contribution in [2.24, 2.45) is 0 Å². The first-order valence-electron chi connectivity index (χ1n) is 6.27. The molecular weight excluding hydrogens is 282 g/mol. The number of nitrogens with zero attached hydrogens (tertiary/aromatic N) is 2. The van der Waals surface area contributed by atoms with E-state index in [1.807, 2.05) is 13.8 Å². The SMILES string of the molecule is CCC(CC)N(C)S(=O)(=O)c1ccc([N+](=O)[O-])c(N)c1. The minimum absolute atomic E-state index is 0.0324. The lowest BCUT2D eigenvalue weighted by molar-refractivity contribution is -0.383. The zero-order valence-electron chi connectivity index (χ0n) is 11.7. The number of hydrogen-bond acceptors (Lipinski definition) is 5. The summed E-state index contributed by atoms with van der Waals surface area (Å²) in [4.78, 5) is 10.0. The second-order valence-corrected chi connectivity index (χ2v) is 6.47. The minimum Gasteiger partial charge on any atom is -0.393 e. The summed E-state index contributed by atoms with van der Waals surface area (Å²) in [6.07, 6.45) is 1.38. The normalized spacial score (nSPS) is 12.1. The molecular formula is C12H19N3O4S. The van der Waals surface area contributed by atoms with Crippen molar-refractivity contribution < 1.29 is 13.3 Å². The van der Waals surface area contributed by atoms with Crippen molar-refractivity contribution in [3.63, 3.8) is 0 Å². The van der Waals surface area contributed by atoms with Gasteiger partial charge in [0.25, 0.3) is 5.69 Å². The number of sulfonamides is 1. The third-order valence-corrected chi connectivity index (χ3v) is 5.24. The Labute approximate surface area is 118 Å². The van der Waals surface area contributed by atoms with Crippen LogP contribution in [0.4, 0.5) is 11.4 Å². The third-order valence-electron chi connectivity index (χ3n) is 3.33. The summed E-state index contributed by atoms with van der Waals surface area (Å²) < 4.78 is 26.1. The predicted octanol–water partition coefficient (Wildman–Crippen LogP) is 1.99. The van der Waals surface area contributed by atoms with E-state index in [2.05, 4.69) is 0 Å². The van der Waals surface area contributed by atoms with Crippen LogP contribution >= 0.6 is 0 Å².